The molecule has 1 unspecified atom stereocenters. The van der Waals surface area contributed by atoms with Crippen LogP contribution in [-0.4, -0.2) is 29.8 Å². The van der Waals surface area contributed by atoms with E-state index in [2.05, 4.69) is 0 Å². The molecule has 3 atom stereocenters. The van der Waals surface area contributed by atoms with E-state index < -0.39 is 11.9 Å². The van der Waals surface area contributed by atoms with E-state index in [4.69, 9.17) is 11.5 Å². The van der Waals surface area contributed by atoms with Crippen LogP contribution in [-0.2, 0) is 9.59 Å². The van der Waals surface area contributed by atoms with Gasteiger partial charge in [0.25, 0.3) is 0 Å². The Kier molecular flexibility index (Phi) is 4.62. The molecule has 1 aliphatic rings. The Morgan fingerprint density at radius 3 is 2.04 bits per heavy atom. The molecule has 0 aliphatic carbocycles. The number of carbonyl (C=O) groups is 2. The van der Waals surface area contributed by atoms with Crippen molar-refractivity contribution in [2.24, 2.45) is 17.4 Å². The highest BCUT2D eigenvalue weighted by molar-refractivity contribution is 5.82. The zero-order valence-electron chi connectivity index (χ0n) is 13.3. The number of carbonyl (C=O) groups excluding carboxylic acids is 2. The molecule has 1 heterocycles. The van der Waals surface area contributed by atoms with Crippen LogP contribution in [0.25, 0.3) is 0 Å². The Morgan fingerprint density at radius 2 is 1.50 bits per heavy atom. The van der Waals surface area contributed by atoms with Crippen molar-refractivity contribution in [3.63, 3.8) is 0 Å². The Morgan fingerprint density at radius 1 is 0.917 bits per heavy atom. The summed E-state index contributed by atoms with van der Waals surface area (Å²) < 4.78 is 0. The van der Waals surface area contributed by atoms with Crippen LogP contribution in [0.2, 0.25) is 0 Å². The van der Waals surface area contributed by atoms with Gasteiger partial charge >= 0.3 is 0 Å². The fraction of sp³-hybridized carbons (Fsp3) is 0.263. The Labute approximate surface area is 141 Å². The minimum Gasteiger partial charge on any atom is -0.369 e. The number of likely N-dealkylation sites (tertiary alicyclic amines) is 1. The average Bonchev–Trinajstić information content (AvgIpc) is 3.01. The third kappa shape index (κ3) is 3.16. The lowest BCUT2D eigenvalue weighted by Gasteiger charge is -2.25. The molecule has 1 saturated heterocycles. The number of amides is 2. The zero-order chi connectivity index (χ0) is 17.1. The van der Waals surface area contributed by atoms with E-state index in [0.717, 1.165) is 11.1 Å². The van der Waals surface area contributed by atoms with E-state index >= 15 is 0 Å². The molecule has 4 N–H and O–H groups in total. The predicted octanol–water partition coefficient (Wildman–Crippen LogP) is 1.41. The van der Waals surface area contributed by atoms with Gasteiger partial charge in [-0.05, 0) is 11.1 Å². The standard InChI is InChI=1S/C19H21N3O2/c20-18(23)16-12-22(11-15(16)13-7-3-1-4-8-13)17(19(21)24)14-9-5-2-6-10-14/h1-10,15-17H,11-12H2,(H2,20,23)(H2,21,24)/t15-,16+,17?/m1/s1. The first kappa shape index (κ1) is 16.2. The fourth-order valence-corrected chi connectivity index (χ4v) is 3.56. The van der Waals surface area contributed by atoms with E-state index in [9.17, 15) is 9.59 Å². The van der Waals surface area contributed by atoms with Crippen molar-refractivity contribution in [1.82, 2.24) is 4.90 Å². The van der Waals surface area contributed by atoms with Crippen molar-refractivity contribution in [3.05, 3.63) is 71.8 Å². The average molecular weight is 323 g/mol. The van der Waals surface area contributed by atoms with Gasteiger partial charge in [0, 0.05) is 19.0 Å². The summed E-state index contributed by atoms with van der Waals surface area (Å²) in [7, 11) is 0. The highest BCUT2D eigenvalue weighted by atomic mass is 16.2. The van der Waals surface area contributed by atoms with Crippen molar-refractivity contribution < 1.29 is 9.59 Å². The highest BCUT2D eigenvalue weighted by Crippen LogP contribution is 2.37. The summed E-state index contributed by atoms with van der Waals surface area (Å²) in [6.07, 6.45) is 0. The largest absolute Gasteiger partial charge is 0.369 e. The van der Waals surface area contributed by atoms with Gasteiger partial charge in [-0.25, -0.2) is 0 Å². The first-order valence-electron chi connectivity index (χ1n) is 8.00. The number of rotatable bonds is 5. The van der Waals surface area contributed by atoms with Crippen LogP contribution in [0.1, 0.15) is 23.1 Å². The minimum atomic E-state index is -0.554. The van der Waals surface area contributed by atoms with Crippen molar-refractivity contribution >= 4 is 11.8 Å². The molecular weight excluding hydrogens is 302 g/mol. The molecule has 1 fully saturated rings. The molecule has 0 radical (unpaired) electrons. The molecule has 1 aliphatic heterocycles. The van der Waals surface area contributed by atoms with Crippen LogP contribution in [0.15, 0.2) is 60.7 Å². The topological polar surface area (TPSA) is 89.4 Å². The monoisotopic (exact) mass is 323 g/mol. The zero-order valence-corrected chi connectivity index (χ0v) is 13.3. The van der Waals surface area contributed by atoms with Gasteiger partial charge in [-0.3, -0.25) is 14.5 Å². The second-order valence-corrected chi connectivity index (χ2v) is 6.20. The number of benzene rings is 2. The fourth-order valence-electron chi connectivity index (χ4n) is 3.56. The van der Waals surface area contributed by atoms with Crippen molar-refractivity contribution in [3.8, 4) is 0 Å². The third-order valence-corrected chi connectivity index (χ3v) is 4.69. The van der Waals surface area contributed by atoms with Gasteiger partial charge in [0.1, 0.15) is 6.04 Å². The second kappa shape index (κ2) is 6.84. The molecule has 24 heavy (non-hydrogen) atoms. The Bertz CT molecular complexity index is 718. The van der Waals surface area contributed by atoms with Gasteiger partial charge in [-0.2, -0.15) is 0 Å². The smallest absolute Gasteiger partial charge is 0.239 e. The molecule has 0 bridgehead atoms. The maximum Gasteiger partial charge on any atom is 0.239 e. The van der Waals surface area contributed by atoms with Crippen LogP contribution in [0, 0.1) is 5.92 Å². The van der Waals surface area contributed by atoms with Gasteiger partial charge in [0.2, 0.25) is 11.8 Å². The number of primary amides is 2. The molecule has 0 saturated carbocycles. The maximum absolute atomic E-state index is 12.1. The molecule has 3 rings (SSSR count). The molecule has 2 amide bonds. The molecule has 124 valence electrons. The first-order chi connectivity index (χ1) is 11.6. The van der Waals surface area contributed by atoms with Crippen LogP contribution < -0.4 is 11.5 Å². The van der Waals surface area contributed by atoms with E-state index in [1.165, 1.54) is 0 Å². The van der Waals surface area contributed by atoms with E-state index in [-0.39, 0.29) is 17.7 Å². The summed E-state index contributed by atoms with van der Waals surface area (Å²) in [5.74, 6) is -1.13. The normalized spacial score (nSPS) is 22.2. The lowest BCUT2D eigenvalue weighted by Crippen LogP contribution is -2.37. The van der Waals surface area contributed by atoms with E-state index in [1.807, 2.05) is 65.6 Å². The lowest BCUT2D eigenvalue weighted by molar-refractivity contribution is -0.125. The summed E-state index contributed by atoms with van der Waals surface area (Å²) in [6.45, 7) is 0.998. The summed E-state index contributed by atoms with van der Waals surface area (Å²) in [4.78, 5) is 26.0. The molecular formula is C19H21N3O2. The van der Waals surface area contributed by atoms with Crippen molar-refractivity contribution in [1.29, 1.82) is 0 Å². The van der Waals surface area contributed by atoms with Crippen LogP contribution in [0.4, 0.5) is 0 Å². The summed E-state index contributed by atoms with van der Waals surface area (Å²) in [5, 5.41) is 0. The second-order valence-electron chi connectivity index (χ2n) is 6.20. The number of nitrogens with two attached hydrogens (primary N) is 2. The molecule has 2 aromatic carbocycles. The van der Waals surface area contributed by atoms with Gasteiger partial charge in [-0.1, -0.05) is 60.7 Å². The van der Waals surface area contributed by atoms with Gasteiger partial charge < -0.3 is 11.5 Å². The Balaban J connectivity index is 1.92. The highest BCUT2D eigenvalue weighted by Gasteiger charge is 2.41. The van der Waals surface area contributed by atoms with Crippen molar-refractivity contribution in [2.75, 3.05) is 13.1 Å². The lowest BCUT2D eigenvalue weighted by atomic mass is 9.88. The number of nitrogens with zero attached hydrogens (tertiary/aromatic N) is 1. The van der Waals surface area contributed by atoms with Crippen molar-refractivity contribution in [2.45, 2.75) is 12.0 Å². The van der Waals surface area contributed by atoms with Gasteiger partial charge in [0.05, 0.1) is 5.92 Å². The van der Waals surface area contributed by atoms with Gasteiger partial charge in [-0.15, -0.1) is 0 Å². The Hall–Kier alpha value is -2.66. The summed E-state index contributed by atoms with van der Waals surface area (Å²) >= 11 is 0. The molecule has 5 heteroatoms. The number of hydrogen-bond acceptors (Lipinski definition) is 3. The van der Waals surface area contributed by atoms with Crippen LogP contribution in [0.5, 0.6) is 0 Å². The maximum atomic E-state index is 12.1. The predicted molar refractivity (Wildman–Crippen MR) is 91.8 cm³/mol. The molecule has 2 aromatic rings. The first-order valence-corrected chi connectivity index (χ1v) is 8.00. The van der Waals surface area contributed by atoms with E-state index in [1.54, 1.807) is 0 Å². The van der Waals surface area contributed by atoms with E-state index in [0.29, 0.717) is 13.1 Å². The number of hydrogen-bond donors (Lipinski definition) is 2. The molecule has 0 spiro atoms. The quantitative estimate of drug-likeness (QED) is 0.872. The van der Waals surface area contributed by atoms with Crippen LogP contribution in [0.3, 0.4) is 0 Å². The summed E-state index contributed by atoms with van der Waals surface area (Å²) in [5.41, 5.74) is 13.2. The van der Waals surface area contributed by atoms with Crippen LogP contribution >= 0.6 is 0 Å². The summed E-state index contributed by atoms with van der Waals surface area (Å²) in [6, 6.07) is 18.7. The van der Waals surface area contributed by atoms with Gasteiger partial charge in [0.15, 0.2) is 0 Å². The third-order valence-electron chi connectivity index (χ3n) is 4.69. The minimum absolute atomic E-state index is 0.0331. The SMILES string of the molecule is NC(=O)C(c1ccccc1)N1C[C@H](C(N)=O)[C@@H](c2ccccc2)C1. The molecule has 0 aromatic heterocycles. The molecule has 5 nitrogen and oxygen atoms in total.